The van der Waals surface area contributed by atoms with E-state index in [0.717, 1.165) is 54.1 Å². The van der Waals surface area contributed by atoms with Crippen molar-refractivity contribution in [1.82, 2.24) is 20.1 Å². The summed E-state index contributed by atoms with van der Waals surface area (Å²) in [5.41, 5.74) is 1.38. The van der Waals surface area contributed by atoms with E-state index in [-0.39, 0.29) is 23.2 Å². The molecule has 4 aliphatic rings. The Hall–Kier alpha value is -2.82. The molecule has 0 spiro atoms. The van der Waals surface area contributed by atoms with E-state index in [9.17, 15) is 14.0 Å². The maximum absolute atomic E-state index is 14.8. The van der Waals surface area contributed by atoms with Crippen LogP contribution in [0.5, 0.6) is 0 Å². The van der Waals surface area contributed by atoms with E-state index in [1.54, 1.807) is 29.0 Å². The minimum Gasteiger partial charge on any atom is -0.326 e. The van der Waals surface area contributed by atoms with Crippen LogP contribution in [0.3, 0.4) is 0 Å². The number of nitrogens with zero attached hydrogens (tertiary/aromatic N) is 4. The number of amidine groups is 2. The van der Waals surface area contributed by atoms with Crippen molar-refractivity contribution in [2.24, 2.45) is 9.98 Å². The Balaban J connectivity index is 1.05. The number of aromatic nitrogens is 1. The second-order valence-corrected chi connectivity index (χ2v) is 10.2. The molecule has 2 N–H and O–H groups in total. The van der Waals surface area contributed by atoms with Crippen molar-refractivity contribution in [1.29, 1.82) is 0 Å². The predicted octanol–water partition coefficient (Wildman–Crippen LogP) is 1.81. The first kappa shape index (κ1) is 21.7. The fourth-order valence-corrected chi connectivity index (χ4v) is 6.01. The Morgan fingerprint density at radius 3 is 2.85 bits per heavy atom. The van der Waals surface area contributed by atoms with Gasteiger partial charge in [-0.1, -0.05) is 0 Å². The van der Waals surface area contributed by atoms with Gasteiger partial charge in [-0.25, -0.2) is 9.38 Å². The monoisotopic (exact) mass is 480 g/mol. The molecule has 8 nitrogen and oxygen atoms in total. The Kier molecular flexibility index (Phi) is 5.59. The number of piperidine rings is 1. The average Bonchev–Trinajstić information content (AvgIpc) is 3.23. The third-order valence-electron chi connectivity index (χ3n) is 6.99. The van der Waals surface area contributed by atoms with Crippen LogP contribution in [0.25, 0.3) is 10.9 Å². The summed E-state index contributed by atoms with van der Waals surface area (Å²) >= 11 is 1.46. The molecule has 1 saturated heterocycles. The number of aliphatic imine (C=N–C) groups is 2. The summed E-state index contributed by atoms with van der Waals surface area (Å²) in [6.07, 6.45) is 3.74. The van der Waals surface area contributed by atoms with Crippen LogP contribution >= 0.6 is 11.8 Å². The lowest BCUT2D eigenvalue weighted by Gasteiger charge is -2.34. The van der Waals surface area contributed by atoms with E-state index < -0.39 is 0 Å². The molecule has 0 bridgehead atoms. The molecule has 0 aliphatic carbocycles. The van der Waals surface area contributed by atoms with Crippen LogP contribution in [0.1, 0.15) is 24.3 Å². The molecule has 5 heterocycles. The van der Waals surface area contributed by atoms with Gasteiger partial charge in [-0.05, 0) is 49.5 Å². The minimum absolute atomic E-state index is 0.0121. The first-order chi connectivity index (χ1) is 16.5. The van der Waals surface area contributed by atoms with Gasteiger partial charge in [0.25, 0.3) is 11.5 Å². The Morgan fingerprint density at radius 1 is 1.18 bits per heavy atom. The first-order valence-corrected chi connectivity index (χ1v) is 12.6. The van der Waals surface area contributed by atoms with Gasteiger partial charge in [0.1, 0.15) is 11.7 Å². The molecule has 176 valence electrons. The number of carbonyl (C=O) groups excluding carboxylic acids is 1. The number of nitrogens with one attached hydrogen (secondary N) is 2. The van der Waals surface area contributed by atoms with Crippen LogP contribution in [0.2, 0.25) is 0 Å². The summed E-state index contributed by atoms with van der Waals surface area (Å²) < 4.78 is 16.5. The normalized spacial score (nSPS) is 22.8. The molecule has 1 amide bonds. The largest absolute Gasteiger partial charge is 0.326 e. The maximum Gasteiger partial charge on any atom is 0.258 e. The third-order valence-corrected chi connectivity index (χ3v) is 7.99. The van der Waals surface area contributed by atoms with Crippen molar-refractivity contribution in [3.8, 4) is 0 Å². The molecule has 6 rings (SSSR count). The highest BCUT2D eigenvalue weighted by molar-refractivity contribution is 8.04. The van der Waals surface area contributed by atoms with E-state index in [4.69, 9.17) is 0 Å². The zero-order valence-corrected chi connectivity index (χ0v) is 19.4. The number of fused-ring (bicyclic) bond motifs is 1. The molecule has 0 radical (unpaired) electrons. The fourth-order valence-electron chi connectivity index (χ4n) is 5.30. The molecule has 1 aromatic heterocycles. The molecule has 10 heteroatoms. The topological polar surface area (TPSA) is 91.1 Å². The third kappa shape index (κ3) is 3.99. The summed E-state index contributed by atoms with van der Waals surface area (Å²) in [5, 5.41) is 7.64. The Bertz CT molecular complexity index is 1320. The van der Waals surface area contributed by atoms with Crippen LogP contribution in [-0.2, 0) is 11.3 Å². The van der Waals surface area contributed by atoms with Crippen molar-refractivity contribution < 1.29 is 9.18 Å². The number of pyridine rings is 1. The maximum atomic E-state index is 14.8. The quantitative estimate of drug-likeness (QED) is 0.679. The van der Waals surface area contributed by atoms with E-state index in [1.807, 2.05) is 0 Å². The van der Waals surface area contributed by atoms with E-state index >= 15 is 0 Å². The lowest BCUT2D eigenvalue weighted by atomic mass is 9.97. The standard InChI is InChI=1S/C24H25FN6O2S/c25-17-3-1-14-2-4-21(33)31-12-15(22(17)23(14)31)11-30-7-5-16(6-8-30)26-10-19-27-9-18-24(28-19)29-20(32)13-34-18/h1-4,9,15-16,26H,5-8,10-13H2,(H,27,28,29,32)/t15-/m1/s1. The first-order valence-electron chi connectivity index (χ1n) is 11.6. The minimum atomic E-state index is -0.216. The number of rotatable bonds is 5. The highest BCUT2D eigenvalue weighted by Crippen LogP contribution is 2.35. The average molecular weight is 481 g/mol. The van der Waals surface area contributed by atoms with Gasteiger partial charge in [-0.2, -0.15) is 4.99 Å². The summed E-state index contributed by atoms with van der Waals surface area (Å²) in [5.74, 6) is 1.37. The SMILES string of the molecule is O=C1CSC2=CN=C(CNC3CCN(C[C@@H]4Cn5c(=O)ccc6ccc(F)c4c65)CC3)NC2=N1. The van der Waals surface area contributed by atoms with Crippen molar-refractivity contribution in [2.45, 2.75) is 31.3 Å². The van der Waals surface area contributed by atoms with Gasteiger partial charge in [0, 0.05) is 42.9 Å². The van der Waals surface area contributed by atoms with Gasteiger partial charge in [-0.3, -0.25) is 9.59 Å². The molecular formula is C24H25FN6O2S. The number of likely N-dealkylation sites (tertiary alicyclic amines) is 1. The number of carbonyl (C=O) groups is 1. The Labute approximate surface area is 200 Å². The summed E-state index contributed by atoms with van der Waals surface area (Å²) in [6.45, 7) is 3.70. The van der Waals surface area contributed by atoms with Gasteiger partial charge in [-0.15, -0.1) is 11.8 Å². The fraction of sp³-hybridized carbons (Fsp3) is 0.417. The predicted molar refractivity (Wildman–Crippen MR) is 132 cm³/mol. The lowest BCUT2D eigenvalue weighted by molar-refractivity contribution is -0.115. The highest BCUT2D eigenvalue weighted by atomic mass is 32.2. The van der Waals surface area contributed by atoms with Crippen molar-refractivity contribution >= 4 is 40.2 Å². The summed E-state index contributed by atoms with van der Waals surface area (Å²) in [7, 11) is 0. The van der Waals surface area contributed by atoms with Crippen molar-refractivity contribution in [3.63, 3.8) is 0 Å². The second-order valence-electron chi connectivity index (χ2n) is 9.17. The van der Waals surface area contributed by atoms with Crippen LogP contribution < -0.4 is 16.2 Å². The highest BCUT2D eigenvalue weighted by Gasteiger charge is 2.31. The number of hydrogen-bond donors (Lipinski definition) is 2. The molecule has 4 aliphatic heterocycles. The number of amides is 1. The number of hydrogen-bond acceptors (Lipinski definition) is 7. The Morgan fingerprint density at radius 2 is 2.00 bits per heavy atom. The zero-order chi connectivity index (χ0) is 23.2. The van der Waals surface area contributed by atoms with Gasteiger partial charge >= 0.3 is 0 Å². The molecule has 1 aromatic carbocycles. The van der Waals surface area contributed by atoms with Gasteiger partial charge in [0.2, 0.25) is 0 Å². The van der Waals surface area contributed by atoms with Gasteiger partial charge in [0.05, 0.1) is 22.7 Å². The zero-order valence-electron chi connectivity index (χ0n) is 18.6. The van der Waals surface area contributed by atoms with Crippen LogP contribution in [0, 0.1) is 5.82 Å². The van der Waals surface area contributed by atoms with Gasteiger partial charge < -0.3 is 20.1 Å². The smallest absolute Gasteiger partial charge is 0.258 e. The van der Waals surface area contributed by atoms with E-state index in [0.29, 0.717) is 36.3 Å². The van der Waals surface area contributed by atoms with Crippen LogP contribution in [-0.4, -0.2) is 65.0 Å². The molecule has 1 atom stereocenters. The lowest BCUT2D eigenvalue weighted by Crippen LogP contribution is -2.48. The molecule has 34 heavy (non-hydrogen) atoms. The van der Waals surface area contributed by atoms with Crippen molar-refractivity contribution in [2.75, 3.05) is 31.9 Å². The molecule has 1 fully saturated rings. The summed E-state index contributed by atoms with van der Waals surface area (Å²) in [4.78, 5) is 35.7. The number of benzene rings is 1. The molecule has 0 saturated carbocycles. The van der Waals surface area contributed by atoms with Gasteiger partial charge in [0.15, 0.2) is 5.84 Å². The molecule has 2 aromatic rings. The molecular weight excluding hydrogens is 455 g/mol. The summed E-state index contributed by atoms with van der Waals surface area (Å²) in [6, 6.07) is 7.00. The second kappa shape index (κ2) is 8.75. The van der Waals surface area contributed by atoms with Crippen LogP contribution in [0.4, 0.5) is 4.39 Å². The van der Waals surface area contributed by atoms with Crippen molar-refractivity contribution in [3.05, 3.63) is 57.1 Å². The van der Waals surface area contributed by atoms with E-state index in [1.165, 1.54) is 17.8 Å². The van der Waals surface area contributed by atoms with Crippen LogP contribution in [0.15, 0.2) is 50.1 Å². The molecule has 0 unspecified atom stereocenters. The number of halogens is 1. The number of thioether (sulfide) groups is 1. The van der Waals surface area contributed by atoms with E-state index in [2.05, 4.69) is 25.5 Å².